The van der Waals surface area contributed by atoms with Crippen LogP contribution in [-0.4, -0.2) is 76.4 Å². The Morgan fingerprint density at radius 2 is 1.89 bits per heavy atom. The minimum absolute atomic E-state index is 0.0250. The molecule has 4 heterocycles. The quantitative estimate of drug-likeness (QED) is 0.306. The molecular formula is C33H38F4N6O2. The van der Waals surface area contributed by atoms with E-state index in [9.17, 15) is 18.0 Å². The molecule has 0 bridgehead atoms. The number of ether oxygens (including phenoxy) is 1. The van der Waals surface area contributed by atoms with Gasteiger partial charge in [-0.25, -0.2) is 4.39 Å². The predicted molar refractivity (Wildman–Crippen MR) is 160 cm³/mol. The van der Waals surface area contributed by atoms with E-state index >= 15 is 4.39 Å². The fraction of sp³-hybridized carbons (Fsp3) is 0.545. The van der Waals surface area contributed by atoms with E-state index in [2.05, 4.69) is 40.9 Å². The number of piperazine rings is 1. The molecule has 1 aliphatic carbocycles. The minimum atomic E-state index is -4.62. The lowest BCUT2D eigenvalue weighted by molar-refractivity contribution is -0.138. The zero-order chi connectivity index (χ0) is 31.7. The third-order valence-electron chi connectivity index (χ3n) is 10.0. The molecule has 45 heavy (non-hydrogen) atoms. The Hall–Kier alpha value is -3.35. The molecule has 1 saturated carbocycles. The molecule has 7 rings (SSSR count). The number of hydrogen-bond acceptors (Lipinski definition) is 6. The third-order valence-corrected chi connectivity index (χ3v) is 10.0. The van der Waals surface area contributed by atoms with Crippen molar-refractivity contribution in [2.45, 2.75) is 69.6 Å². The highest BCUT2D eigenvalue weighted by atomic mass is 19.4. The maximum Gasteiger partial charge on any atom is 0.416 e. The summed E-state index contributed by atoms with van der Waals surface area (Å²) in [6.45, 7) is 7.01. The first-order valence-corrected chi connectivity index (χ1v) is 15.7. The van der Waals surface area contributed by atoms with Crippen molar-refractivity contribution in [2.24, 2.45) is 5.92 Å². The summed E-state index contributed by atoms with van der Waals surface area (Å²) in [7, 11) is 2.06. The number of benzene rings is 2. The molecule has 1 aromatic heterocycles. The third kappa shape index (κ3) is 5.34. The normalized spacial score (nSPS) is 23.0. The largest absolute Gasteiger partial charge is 0.416 e. The summed E-state index contributed by atoms with van der Waals surface area (Å²) in [4.78, 5) is 19.7. The molecule has 0 radical (unpaired) electrons. The van der Waals surface area contributed by atoms with Gasteiger partial charge >= 0.3 is 6.18 Å². The van der Waals surface area contributed by atoms with Crippen LogP contribution in [0.1, 0.15) is 77.3 Å². The zero-order valence-electron chi connectivity index (χ0n) is 25.7. The van der Waals surface area contributed by atoms with Gasteiger partial charge < -0.3 is 19.1 Å². The Labute approximate surface area is 259 Å². The van der Waals surface area contributed by atoms with Gasteiger partial charge in [0.05, 0.1) is 30.7 Å². The van der Waals surface area contributed by atoms with Crippen LogP contribution < -0.4 is 4.90 Å². The standard InChI is InChI=1S/C33H38F4N6O2/c1-20(2)28-16-40(3)9-10-41(28)14-21-11-25-26(27(12-21)33(35,36)37)15-42(31(25)44)24-6-4-5-22(13-24)32(17-45-18-32)29(34)30-39-38-19-43(30)23-7-8-23/h4-6,11-13,19-20,23,28-29H,7-10,14-18H2,1-3H3/t28-,29+/m1/s1. The van der Waals surface area contributed by atoms with Crippen molar-refractivity contribution in [3.05, 3.63) is 76.4 Å². The van der Waals surface area contributed by atoms with E-state index in [1.807, 2.05) is 0 Å². The van der Waals surface area contributed by atoms with E-state index < -0.39 is 29.2 Å². The second-order valence-electron chi connectivity index (χ2n) is 13.5. The summed E-state index contributed by atoms with van der Waals surface area (Å²) in [6.07, 6.45) is -2.67. The van der Waals surface area contributed by atoms with E-state index in [-0.39, 0.29) is 48.8 Å². The topological polar surface area (TPSA) is 66.7 Å². The number of carbonyl (C=O) groups excluding carboxylic acids is 1. The van der Waals surface area contributed by atoms with Crippen molar-refractivity contribution in [3.8, 4) is 0 Å². The molecule has 0 N–H and O–H groups in total. The molecule has 1 amide bonds. The van der Waals surface area contributed by atoms with Gasteiger partial charge in [-0.3, -0.25) is 9.69 Å². The van der Waals surface area contributed by atoms with E-state index in [1.165, 1.54) is 11.0 Å². The first kappa shape index (κ1) is 30.3. The van der Waals surface area contributed by atoms with Gasteiger partial charge in [0.2, 0.25) is 0 Å². The maximum absolute atomic E-state index is 16.3. The minimum Gasteiger partial charge on any atom is -0.379 e. The number of fused-ring (bicyclic) bond motifs is 1. The van der Waals surface area contributed by atoms with Crippen LogP contribution in [0.2, 0.25) is 0 Å². The molecule has 0 unspecified atom stereocenters. The molecule has 3 aromatic rings. The SMILES string of the molecule is CC(C)[C@H]1CN(C)CCN1Cc1cc2c(c(C(F)(F)F)c1)CN(c1cccc(C3([C@@H](F)c4nncn4C4CC4)COC3)c1)C2=O. The highest BCUT2D eigenvalue weighted by Gasteiger charge is 2.51. The van der Waals surface area contributed by atoms with Gasteiger partial charge in [-0.15, -0.1) is 10.2 Å². The Bertz CT molecular complexity index is 1600. The summed E-state index contributed by atoms with van der Waals surface area (Å²) in [5.41, 5.74) is -0.254. The van der Waals surface area contributed by atoms with Crippen molar-refractivity contribution < 1.29 is 27.1 Å². The first-order valence-electron chi connectivity index (χ1n) is 15.7. The number of rotatable bonds is 8. The van der Waals surface area contributed by atoms with Crippen LogP contribution in [0.15, 0.2) is 42.7 Å². The summed E-state index contributed by atoms with van der Waals surface area (Å²) in [6, 6.07) is 10.1. The number of amides is 1. The second-order valence-corrected chi connectivity index (χ2v) is 13.5. The molecule has 2 aromatic carbocycles. The van der Waals surface area contributed by atoms with Crippen LogP contribution in [0.5, 0.6) is 0 Å². The van der Waals surface area contributed by atoms with Crippen molar-refractivity contribution in [1.29, 1.82) is 0 Å². The Morgan fingerprint density at radius 3 is 2.56 bits per heavy atom. The Kier molecular flexibility index (Phi) is 7.52. The van der Waals surface area contributed by atoms with Crippen molar-refractivity contribution in [2.75, 3.05) is 44.8 Å². The van der Waals surface area contributed by atoms with E-state index in [0.717, 1.165) is 32.5 Å². The van der Waals surface area contributed by atoms with Crippen LogP contribution >= 0.6 is 0 Å². The average molecular weight is 627 g/mol. The van der Waals surface area contributed by atoms with Gasteiger partial charge in [0.25, 0.3) is 5.91 Å². The lowest BCUT2D eigenvalue weighted by Gasteiger charge is -2.44. The molecule has 2 atom stereocenters. The molecule has 4 aliphatic rings. The molecule has 8 nitrogen and oxygen atoms in total. The van der Waals surface area contributed by atoms with Gasteiger partial charge in [-0.2, -0.15) is 13.2 Å². The maximum atomic E-state index is 16.3. The molecule has 3 aliphatic heterocycles. The number of aromatic nitrogens is 3. The summed E-state index contributed by atoms with van der Waals surface area (Å²) >= 11 is 0. The second kappa shape index (κ2) is 11.2. The number of anilines is 1. The number of alkyl halides is 4. The molecule has 240 valence electrons. The fourth-order valence-corrected chi connectivity index (χ4v) is 7.15. The van der Waals surface area contributed by atoms with Crippen LogP contribution in [0.25, 0.3) is 0 Å². The van der Waals surface area contributed by atoms with Crippen LogP contribution in [-0.2, 0) is 29.4 Å². The number of likely N-dealkylation sites (N-methyl/N-ethyl adjacent to an activating group) is 1. The fourth-order valence-electron chi connectivity index (χ4n) is 7.15. The zero-order valence-corrected chi connectivity index (χ0v) is 25.7. The highest BCUT2D eigenvalue weighted by Crippen LogP contribution is 2.48. The monoisotopic (exact) mass is 626 g/mol. The van der Waals surface area contributed by atoms with Crippen LogP contribution in [0.4, 0.5) is 23.2 Å². The molecular weight excluding hydrogens is 588 g/mol. The number of nitrogens with zero attached hydrogens (tertiary/aromatic N) is 6. The smallest absolute Gasteiger partial charge is 0.379 e. The first-order chi connectivity index (χ1) is 21.5. The van der Waals surface area contributed by atoms with Crippen molar-refractivity contribution in [3.63, 3.8) is 0 Å². The summed E-state index contributed by atoms with van der Waals surface area (Å²) in [5, 5.41) is 8.05. The highest BCUT2D eigenvalue weighted by molar-refractivity contribution is 6.10. The molecule has 0 spiro atoms. The van der Waals surface area contributed by atoms with Crippen molar-refractivity contribution >= 4 is 11.6 Å². The van der Waals surface area contributed by atoms with Crippen molar-refractivity contribution in [1.82, 2.24) is 24.6 Å². The lowest BCUT2D eigenvalue weighted by atomic mass is 9.74. The van der Waals surface area contributed by atoms with Gasteiger partial charge in [-0.05, 0) is 66.8 Å². The predicted octanol–water partition coefficient (Wildman–Crippen LogP) is 5.54. The van der Waals surface area contributed by atoms with Crippen LogP contribution in [0, 0.1) is 5.92 Å². The molecule has 2 saturated heterocycles. The Balaban J connectivity index is 1.19. The number of hydrogen-bond donors (Lipinski definition) is 0. The summed E-state index contributed by atoms with van der Waals surface area (Å²) < 4.78 is 67.1. The van der Waals surface area contributed by atoms with E-state index in [0.29, 0.717) is 29.3 Å². The average Bonchev–Trinajstić information content (AvgIpc) is 3.61. The molecule has 3 fully saturated rings. The summed E-state index contributed by atoms with van der Waals surface area (Å²) in [5.74, 6) is 0.0859. The van der Waals surface area contributed by atoms with Gasteiger partial charge in [0.1, 0.15) is 6.33 Å². The van der Waals surface area contributed by atoms with E-state index in [4.69, 9.17) is 4.74 Å². The Morgan fingerprint density at radius 1 is 1.11 bits per heavy atom. The number of halogens is 4. The van der Waals surface area contributed by atoms with Gasteiger partial charge in [0.15, 0.2) is 12.0 Å². The van der Waals surface area contributed by atoms with Gasteiger partial charge in [0, 0.05) is 49.5 Å². The number of carbonyl (C=O) groups is 1. The molecule has 12 heteroatoms. The van der Waals surface area contributed by atoms with Crippen LogP contribution in [0.3, 0.4) is 0 Å². The van der Waals surface area contributed by atoms with Gasteiger partial charge in [-0.1, -0.05) is 26.0 Å². The lowest BCUT2D eigenvalue weighted by Crippen LogP contribution is -2.53. The van der Waals surface area contributed by atoms with E-state index in [1.54, 1.807) is 41.2 Å².